The average molecular weight is 417 g/mol. The largest absolute Gasteiger partial charge is 0.0750 e. The lowest BCUT2D eigenvalue weighted by Crippen LogP contribution is -2.28. The highest BCUT2D eigenvalue weighted by molar-refractivity contribution is 6.78. The Morgan fingerprint density at radius 1 is 0.586 bits per heavy atom. The summed E-state index contributed by atoms with van der Waals surface area (Å²) in [7, 11) is -2.68. The van der Waals surface area contributed by atoms with E-state index in [4.69, 9.17) is 0 Å². The van der Waals surface area contributed by atoms with E-state index in [0.717, 1.165) is 0 Å². The molecule has 2 aromatic carbocycles. The van der Waals surface area contributed by atoms with E-state index < -0.39 is 16.1 Å². The van der Waals surface area contributed by atoms with Crippen molar-refractivity contribution in [3.63, 3.8) is 0 Å². The molecule has 0 spiro atoms. The Hall–Kier alpha value is -1.65. The average Bonchev–Trinajstić information content (AvgIpc) is 3.21. The zero-order valence-corrected chi connectivity index (χ0v) is 21.4. The van der Waals surface area contributed by atoms with Gasteiger partial charge in [-0.25, -0.2) is 0 Å². The van der Waals surface area contributed by atoms with Crippen LogP contribution in [0.3, 0.4) is 0 Å². The number of hydrogen-bond acceptors (Lipinski definition) is 0. The highest BCUT2D eigenvalue weighted by Crippen LogP contribution is 2.56. The van der Waals surface area contributed by atoms with Crippen LogP contribution >= 0.6 is 0 Å². The fraction of sp³-hybridized carbons (Fsp3) is 0.407. The minimum Gasteiger partial charge on any atom is -0.0750 e. The molecular weight excluding hydrogens is 380 g/mol. The Morgan fingerprint density at radius 2 is 0.931 bits per heavy atom. The minimum absolute atomic E-state index is 0.00894. The summed E-state index contributed by atoms with van der Waals surface area (Å²) in [6.07, 6.45) is 5.28. The van der Waals surface area contributed by atoms with E-state index in [1.54, 1.807) is 11.1 Å². The highest BCUT2D eigenvalue weighted by atomic mass is 28.3. The van der Waals surface area contributed by atoms with E-state index in [1.165, 1.54) is 22.3 Å². The van der Waals surface area contributed by atoms with Crippen LogP contribution in [0, 0.1) is 5.41 Å². The lowest BCUT2D eigenvalue weighted by atomic mass is 9.73. The molecule has 0 unspecified atom stereocenters. The maximum Gasteiger partial charge on any atom is 0.0566 e. The van der Waals surface area contributed by atoms with Gasteiger partial charge >= 0.3 is 0 Å². The smallest absolute Gasteiger partial charge is 0.0566 e. The third kappa shape index (κ3) is 3.35. The van der Waals surface area contributed by atoms with E-state index in [1.807, 2.05) is 0 Å². The van der Waals surface area contributed by atoms with E-state index in [2.05, 4.69) is 114 Å². The lowest BCUT2D eigenvalue weighted by molar-refractivity contribution is 0.675. The summed E-state index contributed by atoms with van der Waals surface area (Å²) in [5.41, 5.74) is 10.4. The summed E-state index contributed by atoms with van der Waals surface area (Å²) in [6, 6.07) is 18.4. The van der Waals surface area contributed by atoms with Crippen molar-refractivity contribution in [3.05, 3.63) is 82.9 Å². The Kier molecular flexibility index (Phi) is 4.75. The summed E-state index contributed by atoms with van der Waals surface area (Å²) in [5, 5.41) is 0. The van der Waals surface area contributed by atoms with Gasteiger partial charge in [-0.3, -0.25) is 0 Å². The Balaban J connectivity index is 1.88. The van der Waals surface area contributed by atoms with Crippen LogP contribution in [0.25, 0.3) is 11.1 Å². The zero-order valence-electron chi connectivity index (χ0n) is 19.4. The van der Waals surface area contributed by atoms with Gasteiger partial charge in [0.1, 0.15) is 0 Å². The van der Waals surface area contributed by atoms with Crippen molar-refractivity contribution in [3.8, 4) is 0 Å². The van der Waals surface area contributed by atoms with Crippen LogP contribution in [0.1, 0.15) is 47.2 Å². The molecule has 0 aromatic heterocycles. The molecule has 0 saturated heterocycles. The molecule has 2 aliphatic carbocycles. The van der Waals surface area contributed by atoms with Crippen LogP contribution in [-0.2, 0) is 0 Å². The maximum absolute atomic E-state index is 2.64. The van der Waals surface area contributed by atoms with Crippen molar-refractivity contribution in [2.75, 3.05) is 0 Å². The van der Waals surface area contributed by atoms with E-state index in [9.17, 15) is 0 Å². The molecule has 0 N–H and O–H groups in total. The molecule has 152 valence electrons. The Morgan fingerprint density at radius 3 is 1.28 bits per heavy atom. The van der Waals surface area contributed by atoms with Gasteiger partial charge in [-0.2, -0.15) is 0 Å². The third-order valence-corrected chi connectivity index (χ3v) is 11.7. The summed E-state index contributed by atoms with van der Waals surface area (Å²) in [5.74, 6) is 0. The van der Waals surface area contributed by atoms with Crippen molar-refractivity contribution in [2.24, 2.45) is 5.41 Å². The molecule has 4 rings (SSSR count). The topological polar surface area (TPSA) is 0 Å². The van der Waals surface area contributed by atoms with Crippen LogP contribution < -0.4 is 0 Å². The third-order valence-electron chi connectivity index (χ3n) is 7.05. The van der Waals surface area contributed by atoms with E-state index >= 15 is 0 Å². The second-order valence-corrected chi connectivity index (χ2v) is 22.4. The summed E-state index contributed by atoms with van der Waals surface area (Å²) in [6.45, 7) is 19.9. The second kappa shape index (κ2) is 6.68. The fourth-order valence-electron chi connectivity index (χ4n) is 5.39. The Labute approximate surface area is 179 Å². The van der Waals surface area contributed by atoms with Gasteiger partial charge in [0.2, 0.25) is 0 Å². The van der Waals surface area contributed by atoms with Crippen molar-refractivity contribution in [2.45, 2.75) is 64.2 Å². The van der Waals surface area contributed by atoms with Gasteiger partial charge in [-0.15, -0.1) is 0 Å². The van der Waals surface area contributed by atoms with Crippen molar-refractivity contribution in [1.82, 2.24) is 0 Å². The first-order chi connectivity index (χ1) is 13.4. The number of hydrogen-bond donors (Lipinski definition) is 0. The van der Waals surface area contributed by atoms with Gasteiger partial charge < -0.3 is 0 Å². The Bertz CT molecular complexity index is 928. The molecule has 0 radical (unpaired) electrons. The van der Waals surface area contributed by atoms with Gasteiger partial charge in [0.15, 0.2) is 0 Å². The normalized spacial score (nSPS) is 21.5. The molecule has 0 bridgehead atoms. The summed E-state index contributed by atoms with van der Waals surface area (Å²) < 4.78 is 0. The quantitative estimate of drug-likeness (QED) is 0.441. The standard InChI is InChI=1S/C27H36Si2/c1-27(2,23-17-25(28(3,4)5)21-15-11-9-13-19(21)23)24-18-26(29(6,7)8)22-16-12-10-14-20(22)24/h9-18,25-26H,1-8H3/t25-,26-/m0/s1. The molecule has 2 aliphatic rings. The van der Waals surface area contributed by atoms with E-state index in [0.29, 0.717) is 11.1 Å². The SMILES string of the molecule is CC(C)(C1=C[C@H]([Si](C)(C)C)c2ccccc21)C1=C[C@H]([Si](C)(C)C)c2ccccc21. The van der Waals surface area contributed by atoms with Gasteiger partial charge in [-0.1, -0.05) is 114 Å². The number of rotatable bonds is 4. The molecule has 2 atom stereocenters. The van der Waals surface area contributed by atoms with Crippen LogP contribution in [0.2, 0.25) is 39.3 Å². The van der Waals surface area contributed by atoms with Crippen molar-refractivity contribution >= 4 is 27.3 Å². The number of benzene rings is 2. The lowest BCUT2D eigenvalue weighted by Gasteiger charge is -2.30. The number of fused-ring (bicyclic) bond motifs is 2. The predicted molar refractivity (Wildman–Crippen MR) is 135 cm³/mol. The molecule has 0 heterocycles. The minimum atomic E-state index is -1.34. The summed E-state index contributed by atoms with van der Waals surface area (Å²) in [4.78, 5) is 0. The van der Waals surface area contributed by atoms with Gasteiger partial charge in [0.05, 0.1) is 16.1 Å². The van der Waals surface area contributed by atoms with Crippen LogP contribution in [0.4, 0.5) is 0 Å². The first-order valence-electron chi connectivity index (χ1n) is 11.1. The second-order valence-electron chi connectivity index (χ2n) is 11.6. The molecular formula is C27H36Si2. The van der Waals surface area contributed by atoms with E-state index in [-0.39, 0.29) is 5.41 Å². The van der Waals surface area contributed by atoms with Gasteiger partial charge in [0.25, 0.3) is 0 Å². The van der Waals surface area contributed by atoms with Crippen LogP contribution in [0.5, 0.6) is 0 Å². The highest BCUT2D eigenvalue weighted by Gasteiger charge is 2.43. The monoisotopic (exact) mass is 416 g/mol. The molecule has 0 amide bonds. The van der Waals surface area contributed by atoms with Crippen molar-refractivity contribution in [1.29, 1.82) is 0 Å². The zero-order chi connectivity index (χ0) is 21.2. The molecule has 0 fully saturated rings. The molecule has 2 heteroatoms. The van der Waals surface area contributed by atoms with Gasteiger partial charge in [-0.05, 0) is 44.5 Å². The first-order valence-corrected chi connectivity index (χ1v) is 18.2. The maximum atomic E-state index is 2.64. The van der Waals surface area contributed by atoms with Crippen LogP contribution in [0.15, 0.2) is 60.7 Å². The number of allylic oxidation sites excluding steroid dienone is 4. The molecule has 0 saturated carbocycles. The van der Waals surface area contributed by atoms with Crippen molar-refractivity contribution < 1.29 is 0 Å². The summed E-state index contributed by atoms with van der Waals surface area (Å²) >= 11 is 0. The van der Waals surface area contributed by atoms with Crippen LogP contribution in [-0.4, -0.2) is 16.1 Å². The van der Waals surface area contributed by atoms with Gasteiger partial charge in [0, 0.05) is 5.41 Å². The predicted octanol–water partition coefficient (Wildman–Crippen LogP) is 8.13. The first kappa shape index (κ1) is 20.6. The molecule has 2 aromatic rings. The molecule has 0 aliphatic heterocycles. The molecule has 29 heavy (non-hydrogen) atoms. The fourth-order valence-corrected chi connectivity index (χ4v) is 9.09. The molecule has 0 nitrogen and oxygen atoms in total.